The second-order valence-electron chi connectivity index (χ2n) is 7.18. The van der Waals surface area contributed by atoms with E-state index in [9.17, 15) is 4.79 Å². The van der Waals surface area contributed by atoms with Gasteiger partial charge < -0.3 is 15.4 Å². The van der Waals surface area contributed by atoms with Crippen molar-refractivity contribution in [3.63, 3.8) is 0 Å². The molecule has 0 unspecified atom stereocenters. The Morgan fingerprint density at radius 3 is 2.44 bits per heavy atom. The molecule has 0 saturated heterocycles. The summed E-state index contributed by atoms with van der Waals surface area (Å²) in [5.74, 6) is 1.14. The summed E-state index contributed by atoms with van der Waals surface area (Å²) in [6, 6.07) is 17.0. The van der Waals surface area contributed by atoms with Gasteiger partial charge in [-0.3, -0.25) is 4.79 Å². The van der Waals surface area contributed by atoms with Crippen molar-refractivity contribution in [3.05, 3.63) is 54.1 Å². The van der Waals surface area contributed by atoms with Crippen LogP contribution < -0.4 is 15.4 Å². The molecule has 0 aliphatic heterocycles. The zero-order chi connectivity index (χ0) is 19.1. The number of carbonyl (C=O) groups excluding carboxylic acids is 1. The van der Waals surface area contributed by atoms with Gasteiger partial charge in [-0.2, -0.15) is 0 Å². The zero-order valence-electron chi connectivity index (χ0n) is 16.3. The van der Waals surface area contributed by atoms with Crippen LogP contribution in [0.4, 0.5) is 0 Å². The molecule has 0 atom stereocenters. The molecule has 0 aromatic heterocycles. The Balaban J connectivity index is 1.68. The maximum absolute atomic E-state index is 12.6. The third-order valence-electron chi connectivity index (χ3n) is 5.43. The van der Waals surface area contributed by atoms with Crippen LogP contribution in [0, 0.1) is 5.92 Å². The molecule has 1 fully saturated rings. The number of rotatable bonds is 7. The van der Waals surface area contributed by atoms with E-state index in [-0.39, 0.29) is 11.8 Å². The van der Waals surface area contributed by atoms with Gasteiger partial charge in [-0.05, 0) is 62.9 Å². The molecule has 4 nitrogen and oxygen atoms in total. The van der Waals surface area contributed by atoms with Crippen LogP contribution in [0.2, 0.25) is 0 Å². The lowest BCUT2D eigenvalue weighted by Crippen LogP contribution is -2.37. The summed E-state index contributed by atoms with van der Waals surface area (Å²) >= 11 is 0. The Kier molecular flexibility index (Phi) is 6.88. The average Bonchev–Trinajstić information content (AvgIpc) is 2.73. The van der Waals surface area contributed by atoms with Gasteiger partial charge in [0.15, 0.2) is 0 Å². The molecule has 0 radical (unpaired) electrons. The largest absolute Gasteiger partial charge is 0.494 e. The standard InChI is InChI=1S/C23H30N2O2/c1-3-27-22-14-11-19(17-7-5-4-6-8-17)15-20(22)16-25-23(26)18-9-12-21(24-2)13-10-18/h4-8,11,14-15,18,21,24H,3,9-10,12-13,16H2,1-2H3,(H,25,26). The van der Waals surface area contributed by atoms with Crippen molar-refractivity contribution in [2.24, 2.45) is 5.92 Å². The molecule has 2 aromatic carbocycles. The summed E-state index contributed by atoms with van der Waals surface area (Å²) in [6.45, 7) is 3.09. The molecule has 0 heterocycles. The number of hydrogen-bond donors (Lipinski definition) is 2. The molecule has 144 valence electrons. The molecule has 2 aromatic rings. The molecular weight excluding hydrogens is 336 g/mol. The lowest BCUT2D eigenvalue weighted by molar-refractivity contribution is -0.126. The van der Waals surface area contributed by atoms with Crippen molar-refractivity contribution in [2.45, 2.75) is 45.2 Å². The lowest BCUT2D eigenvalue weighted by Gasteiger charge is -2.27. The molecule has 1 aliphatic carbocycles. The maximum atomic E-state index is 12.6. The topological polar surface area (TPSA) is 50.4 Å². The normalized spacial score (nSPS) is 19.5. The summed E-state index contributed by atoms with van der Waals surface area (Å²) in [5, 5.41) is 6.46. The van der Waals surface area contributed by atoms with Gasteiger partial charge in [-0.1, -0.05) is 36.4 Å². The SMILES string of the molecule is CCOc1ccc(-c2ccccc2)cc1CNC(=O)C1CCC(NC)CC1. The predicted molar refractivity (Wildman–Crippen MR) is 110 cm³/mol. The summed E-state index contributed by atoms with van der Waals surface area (Å²) < 4.78 is 5.77. The fraction of sp³-hybridized carbons (Fsp3) is 0.435. The molecule has 2 N–H and O–H groups in total. The Morgan fingerprint density at radius 1 is 1.04 bits per heavy atom. The predicted octanol–water partition coefficient (Wildman–Crippen LogP) is 4.15. The van der Waals surface area contributed by atoms with E-state index in [0.29, 0.717) is 19.2 Å². The van der Waals surface area contributed by atoms with Crippen molar-refractivity contribution in [1.29, 1.82) is 0 Å². The Bertz CT molecular complexity index is 737. The second-order valence-corrected chi connectivity index (χ2v) is 7.18. The molecule has 4 heteroatoms. The number of hydrogen-bond acceptors (Lipinski definition) is 3. The lowest BCUT2D eigenvalue weighted by atomic mass is 9.85. The van der Waals surface area contributed by atoms with Crippen LogP contribution in [0.25, 0.3) is 11.1 Å². The highest BCUT2D eigenvalue weighted by Gasteiger charge is 2.25. The molecular formula is C23H30N2O2. The van der Waals surface area contributed by atoms with Gasteiger partial charge in [0.1, 0.15) is 5.75 Å². The smallest absolute Gasteiger partial charge is 0.223 e. The first-order valence-electron chi connectivity index (χ1n) is 9.97. The zero-order valence-corrected chi connectivity index (χ0v) is 16.3. The van der Waals surface area contributed by atoms with Gasteiger partial charge in [0, 0.05) is 24.1 Å². The number of ether oxygens (including phenoxy) is 1. The summed E-state index contributed by atoms with van der Waals surface area (Å²) in [7, 11) is 2.00. The average molecular weight is 367 g/mol. The fourth-order valence-electron chi connectivity index (χ4n) is 3.80. The second kappa shape index (κ2) is 9.56. The van der Waals surface area contributed by atoms with Gasteiger partial charge in [0.2, 0.25) is 5.91 Å². The first kappa shape index (κ1) is 19.4. The van der Waals surface area contributed by atoms with Crippen molar-refractivity contribution >= 4 is 5.91 Å². The maximum Gasteiger partial charge on any atom is 0.223 e. The van der Waals surface area contributed by atoms with E-state index >= 15 is 0 Å². The first-order valence-corrected chi connectivity index (χ1v) is 9.97. The summed E-state index contributed by atoms with van der Waals surface area (Å²) in [4.78, 5) is 12.6. The van der Waals surface area contributed by atoms with E-state index in [0.717, 1.165) is 42.6 Å². The van der Waals surface area contributed by atoms with E-state index in [4.69, 9.17) is 4.74 Å². The van der Waals surface area contributed by atoms with Crippen molar-refractivity contribution in [1.82, 2.24) is 10.6 Å². The molecule has 0 bridgehead atoms. The third kappa shape index (κ3) is 5.10. The van der Waals surface area contributed by atoms with Crippen LogP contribution in [-0.2, 0) is 11.3 Å². The highest BCUT2D eigenvalue weighted by atomic mass is 16.5. The monoisotopic (exact) mass is 366 g/mol. The van der Waals surface area contributed by atoms with E-state index in [2.05, 4.69) is 34.9 Å². The number of benzene rings is 2. The van der Waals surface area contributed by atoms with E-state index in [1.165, 1.54) is 5.56 Å². The number of carbonyl (C=O) groups is 1. The van der Waals surface area contributed by atoms with Crippen LogP contribution in [0.3, 0.4) is 0 Å². The van der Waals surface area contributed by atoms with Crippen LogP contribution in [0.15, 0.2) is 48.5 Å². The van der Waals surface area contributed by atoms with Gasteiger partial charge >= 0.3 is 0 Å². The van der Waals surface area contributed by atoms with Crippen molar-refractivity contribution in [2.75, 3.05) is 13.7 Å². The van der Waals surface area contributed by atoms with Gasteiger partial charge in [0.25, 0.3) is 0 Å². The summed E-state index contributed by atoms with van der Waals surface area (Å²) in [6.07, 6.45) is 4.06. The van der Waals surface area contributed by atoms with Gasteiger partial charge in [-0.25, -0.2) is 0 Å². The minimum absolute atomic E-state index is 0.127. The highest BCUT2D eigenvalue weighted by molar-refractivity contribution is 5.79. The first-order chi connectivity index (χ1) is 13.2. The quantitative estimate of drug-likeness (QED) is 0.774. The fourth-order valence-corrected chi connectivity index (χ4v) is 3.80. The van der Waals surface area contributed by atoms with E-state index < -0.39 is 0 Å². The minimum Gasteiger partial charge on any atom is -0.494 e. The molecule has 3 rings (SSSR count). The van der Waals surface area contributed by atoms with E-state index in [1.54, 1.807) is 0 Å². The third-order valence-corrected chi connectivity index (χ3v) is 5.43. The van der Waals surface area contributed by atoms with E-state index in [1.807, 2.05) is 38.2 Å². The molecule has 1 saturated carbocycles. The highest BCUT2D eigenvalue weighted by Crippen LogP contribution is 2.28. The molecule has 1 aliphatic rings. The van der Waals surface area contributed by atoms with Gasteiger partial charge in [0.05, 0.1) is 6.61 Å². The van der Waals surface area contributed by atoms with Crippen LogP contribution in [-0.4, -0.2) is 25.6 Å². The van der Waals surface area contributed by atoms with Gasteiger partial charge in [-0.15, -0.1) is 0 Å². The number of nitrogens with one attached hydrogen (secondary N) is 2. The van der Waals surface area contributed by atoms with Crippen molar-refractivity contribution in [3.8, 4) is 16.9 Å². The molecule has 27 heavy (non-hydrogen) atoms. The summed E-state index contributed by atoms with van der Waals surface area (Å²) in [5.41, 5.74) is 3.33. The molecule has 1 amide bonds. The van der Waals surface area contributed by atoms with Crippen molar-refractivity contribution < 1.29 is 9.53 Å². The van der Waals surface area contributed by atoms with Crippen LogP contribution >= 0.6 is 0 Å². The molecule has 0 spiro atoms. The number of amides is 1. The Morgan fingerprint density at radius 2 is 1.78 bits per heavy atom. The minimum atomic E-state index is 0.127. The van der Waals surface area contributed by atoms with Crippen LogP contribution in [0.1, 0.15) is 38.2 Å². The Labute approximate surface area is 162 Å². The Hall–Kier alpha value is -2.33. The van der Waals surface area contributed by atoms with Crippen LogP contribution in [0.5, 0.6) is 5.75 Å².